The van der Waals surface area contributed by atoms with E-state index in [9.17, 15) is 4.79 Å². The van der Waals surface area contributed by atoms with E-state index >= 15 is 0 Å². The zero-order valence-electron chi connectivity index (χ0n) is 18.7. The third-order valence-electron chi connectivity index (χ3n) is 10.1. The van der Waals surface area contributed by atoms with Gasteiger partial charge in [-0.1, -0.05) is 32.0 Å². The molecule has 30 heavy (non-hydrogen) atoms. The lowest BCUT2D eigenvalue weighted by molar-refractivity contribution is -0.136. The minimum Gasteiger partial charge on any atom is -0.299 e. The molecule has 3 heteroatoms. The summed E-state index contributed by atoms with van der Waals surface area (Å²) in [6.07, 6.45) is 9.29. The van der Waals surface area contributed by atoms with Crippen LogP contribution in [0.3, 0.4) is 0 Å². The number of aromatic nitrogens is 2. The van der Waals surface area contributed by atoms with Gasteiger partial charge >= 0.3 is 0 Å². The van der Waals surface area contributed by atoms with Crippen LogP contribution in [0.2, 0.25) is 0 Å². The molecule has 4 aliphatic carbocycles. The average molecular weight is 403 g/mol. The Morgan fingerprint density at radius 1 is 1.03 bits per heavy atom. The normalized spacial score (nSPS) is 39.8. The number of para-hydroxylation sites is 1. The Morgan fingerprint density at radius 3 is 2.63 bits per heavy atom. The van der Waals surface area contributed by atoms with E-state index in [-0.39, 0.29) is 5.41 Å². The van der Waals surface area contributed by atoms with E-state index in [1.165, 1.54) is 48.3 Å². The number of hydrogen-bond acceptors (Lipinski definition) is 2. The van der Waals surface area contributed by atoms with E-state index in [2.05, 4.69) is 55.8 Å². The molecule has 0 radical (unpaired) electrons. The van der Waals surface area contributed by atoms with Gasteiger partial charge in [-0.25, -0.2) is 4.68 Å². The second-order valence-corrected chi connectivity index (χ2v) is 11.2. The Bertz CT molecular complexity index is 1010. The smallest absolute Gasteiger partial charge is 0.139 e. The van der Waals surface area contributed by atoms with Crippen molar-refractivity contribution < 1.29 is 4.79 Å². The number of hydrogen-bond donors (Lipinski definition) is 0. The number of ketones is 1. The van der Waals surface area contributed by atoms with Crippen LogP contribution in [0.15, 0.2) is 30.3 Å². The predicted molar refractivity (Wildman–Crippen MR) is 119 cm³/mol. The Morgan fingerprint density at radius 2 is 1.83 bits per heavy atom. The number of benzene rings is 1. The first kappa shape index (κ1) is 18.8. The van der Waals surface area contributed by atoms with E-state index in [4.69, 9.17) is 5.10 Å². The van der Waals surface area contributed by atoms with Gasteiger partial charge in [0.15, 0.2) is 0 Å². The van der Waals surface area contributed by atoms with Gasteiger partial charge in [-0.15, -0.1) is 0 Å². The van der Waals surface area contributed by atoms with Crippen LogP contribution in [0.1, 0.15) is 69.3 Å². The molecule has 0 unspecified atom stereocenters. The molecule has 0 saturated heterocycles. The second-order valence-electron chi connectivity index (χ2n) is 11.2. The topological polar surface area (TPSA) is 34.9 Å². The lowest BCUT2D eigenvalue weighted by atomic mass is 9.45. The van der Waals surface area contributed by atoms with Crippen LogP contribution in [-0.2, 0) is 17.6 Å². The van der Waals surface area contributed by atoms with Gasteiger partial charge in [-0.3, -0.25) is 4.79 Å². The standard InChI is InChI=1S/C27H34N2O/c1-17-21-16-27(3)18(15-24(21)28-29(17)19-7-5-4-6-8-19)9-10-20-22-11-12-25(30)26(22,2)14-13-23(20)27/h4-8,18,20,22-23H,9-16H2,1-3H3/t18-,20-,22-,23-,26-,27-/m0/s1. The molecule has 3 fully saturated rings. The van der Waals surface area contributed by atoms with Crippen LogP contribution in [0.4, 0.5) is 0 Å². The molecular formula is C27H34N2O. The first-order valence-electron chi connectivity index (χ1n) is 12.1. The van der Waals surface area contributed by atoms with E-state index in [1.807, 2.05) is 0 Å². The minimum absolute atomic E-state index is 0.0156. The zero-order valence-corrected chi connectivity index (χ0v) is 18.7. The molecular weight excluding hydrogens is 368 g/mol. The lowest BCUT2D eigenvalue weighted by Crippen LogP contribution is -2.54. The molecule has 6 atom stereocenters. The quantitative estimate of drug-likeness (QED) is 0.612. The van der Waals surface area contributed by atoms with Crippen LogP contribution in [-0.4, -0.2) is 15.6 Å². The highest BCUT2D eigenvalue weighted by atomic mass is 16.1. The van der Waals surface area contributed by atoms with Gasteiger partial charge in [0.25, 0.3) is 0 Å². The highest BCUT2D eigenvalue weighted by molar-refractivity contribution is 5.87. The first-order chi connectivity index (χ1) is 14.4. The van der Waals surface area contributed by atoms with Crippen molar-refractivity contribution in [2.45, 2.75) is 72.1 Å². The van der Waals surface area contributed by atoms with Crippen molar-refractivity contribution >= 4 is 5.78 Å². The molecule has 0 spiro atoms. The fourth-order valence-electron chi connectivity index (χ4n) is 8.34. The van der Waals surface area contributed by atoms with Crippen LogP contribution in [0.25, 0.3) is 5.69 Å². The van der Waals surface area contributed by atoms with Crippen molar-refractivity contribution in [2.24, 2.45) is 34.5 Å². The SMILES string of the molecule is Cc1c2c(nn1-c1ccccc1)C[C@@H]1CC[C@@H]3[C@H](CC[C@]4(C)C(=O)CC[C@@H]34)[C@@]1(C)C2. The van der Waals surface area contributed by atoms with Crippen molar-refractivity contribution in [3.8, 4) is 5.69 Å². The molecule has 4 aliphatic rings. The first-order valence-corrected chi connectivity index (χ1v) is 12.1. The predicted octanol–water partition coefficient (Wildman–Crippen LogP) is 5.71. The number of carbonyl (C=O) groups is 1. The van der Waals surface area contributed by atoms with E-state index in [0.717, 1.165) is 43.4 Å². The molecule has 158 valence electrons. The van der Waals surface area contributed by atoms with Gasteiger partial charge in [-0.2, -0.15) is 5.10 Å². The van der Waals surface area contributed by atoms with Crippen LogP contribution in [0.5, 0.6) is 0 Å². The zero-order chi connectivity index (χ0) is 20.7. The summed E-state index contributed by atoms with van der Waals surface area (Å²) in [6.45, 7) is 7.15. The lowest BCUT2D eigenvalue weighted by Gasteiger charge is -2.59. The highest BCUT2D eigenvalue weighted by Gasteiger charge is 2.60. The monoisotopic (exact) mass is 402 g/mol. The number of carbonyl (C=O) groups excluding carboxylic acids is 1. The van der Waals surface area contributed by atoms with Crippen molar-refractivity contribution in [2.75, 3.05) is 0 Å². The van der Waals surface area contributed by atoms with Gasteiger partial charge < -0.3 is 0 Å². The van der Waals surface area contributed by atoms with Crippen LogP contribution < -0.4 is 0 Å². The van der Waals surface area contributed by atoms with Gasteiger partial charge in [0.05, 0.1) is 11.4 Å². The van der Waals surface area contributed by atoms with Crippen LogP contribution in [0, 0.1) is 41.4 Å². The van der Waals surface area contributed by atoms with E-state index in [1.54, 1.807) is 0 Å². The van der Waals surface area contributed by atoms with Crippen LogP contribution >= 0.6 is 0 Å². The summed E-state index contributed by atoms with van der Waals surface area (Å²) < 4.78 is 2.18. The summed E-state index contributed by atoms with van der Waals surface area (Å²) in [7, 11) is 0. The molecule has 1 heterocycles. The summed E-state index contributed by atoms with van der Waals surface area (Å²) in [5, 5.41) is 5.09. The average Bonchev–Trinajstić information content (AvgIpc) is 3.23. The fourth-order valence-corrected chi connectivity index (χ4v) is 8.34. The number of fused-ring (bicyclic) bond motifs is 6. The van der Waals surface area contributed by atoms with Crippen molar-refractivity contribution in [1.82, 2.24) is 9.78 Å². The molecule has 1 aromatic carbocycles. The van der Waals surface area contributed by atoms with E-state index in [0.29, 0.717) is 17.1 Å². The number of nitrogens with zero attached hydrogens (tertiary/aromatic N) is 2. The van der Waals surface area contributed by atoms with Gasteiger partial charge in [-0.05, 0) is 98.7 Å². The fraction of sp³-hybridized carbons (Fsp3) is 0.630. The third-order valence-corrected chi connectivity index (χ3v) is 10.1. The Hall–Kier alpha value is -1.90. The maximum Gasteiger partial charge on any atom is 0.139 e. The van der Waals surface area contributed by atoms with Crippen molar-refractivity contribution in [3.63, 3.8) is 0 Å². The van der Waals surface area contributed by atoms with Gasteiger partial charge in [0.1, 0.15) is 5.78 Å². The van der Waals surface area contributed by atoms with Crippen molar-refractivity contribution in [1.29, 1.82) is 0 Å². The minimum atomic E-state index is -0.0156. The molecule has 0 N–H and O–H groups in total. The maximum absolute atomic E-state index is 12.7. The Labute approximate surface area is 180 Å². The number of rotatable bonds is 1. The van der Waals surface area contributed by atoms with Crippen molar-refractivity contribution in [3.05, 3.63) is 47.3 Å². The molecule has 1 aromatic heterocycles. The number of Topliss-reactive ketones (excluding diaryl/α,β-unsaturated/α-hetero) is 1. The second kappa shape index (κ2) is 6.31. The maximum atomic E-state index is 12.7. The summed E-state index contributed by atoms with van der Waals surface area (Å²) in [4.78, 5) is 12.7. The molecule has 2 aromatic rings. The Kier molecular flexibility index (Phi) is 3.96. The van der Waals surface area contributed by atoms with E-state index < -0.39 is 0 Å². The summed E-state index contributed by atoms with van der Waals surface area (Å²) in [5.41, 5.74) is 5.70. The van der Waals surface area contributed by atoms with Gasteiger partial charge in [0.2, 0.25) is 0 Å². The molecule has 6 rings (SSSR count). The molecule has 3 nitrogen and oxygen atoms in total. The molecule has 0 aliphatic heterocycles. The highest BCUT2D eigenvalue weighted by Crippen LogP contribution is 2.64. The molecule has 3 saturated carbocycles. The summed E-state index contributed by atoms with van der Waals surface area (Å²) >= 11 is 0. The molecule has 0 bridgehead atoms. The summed E-state index contributed by atoms with van der Waals surface area (Å²) in [5.74, 6) is 3.46. The largest absolute Gasteiger partial charge is 0.299 e. The molecule has 0 amide bonds. The Balaban J connectivity index is 1.37. The summed E-state index contributed by atoms with van der Waals surface area (Å²) in [6, 6.07) is 10.6. The van der Waals surface area contributed by atoms with Gasteiger partial charge in [0, 0.05) is 17.5 Å². The third kappa shape index (κ3) is 2.38.